The molecule has 47 heavy (non-hydrogen) atoms. The molecule has 0 fully saturated rings. The largest absolute Gasteiger partial charge is 0.573 e. The summed E-state index contributed by atoms with van der Waals surface area (Å²) in [6, 6.07) is 9.81. The molecule has 3 aromatic heterocycles. The van der Waals surface area contributed by atoms with E-state index in [4.69, 9.17) is 25.8 Å². The Hall–Kier alpha value is -5.45. The van der Waals surface area contributed by atoms with E-state index >= 15 is 0 Å². The van der Waals surface area contributed by atoms with Crippen LogP contribution in [0.2, 0.25) is 5.02 Å². The normalized spacial score (nSPS) is 11.7. The van der Waals surface area contributed by atoms with E-state index in [9.17, 15) is 31.1 Å². The van der Waals surface area contributed by atoms with Gasteiger partial charge in [0, 0.05) is 23.7 Å². The Balaban J connectivity index is 1.34. The van der Waals surface area contributed by atoms with Crippen LogP contribution in [0.5, 0.6) is 34.5 Å². The highest BCUT2D eigenvalue weighted by molar-refractivity contribution is 6.32. The van der Waals surface area contributed by atoms with E-state index < -0.39 is 30.1 Å². The molecule has 18 heteroatoms. The van der Waals surface area contributed by atoms with Crippen LogP contribution in [0.15, 0.2) is 67.1 Å². The highest BCUT2D eigenvalue weighted by Crippen LogP contribution is 2.39. The number of amides is 1. The van der Waals surface area contributed by atoms with Gasteiger partial charge < -0.3 is 29.0 Å². The average Bonchev–Trinajstić information content (AvgIpc) is 3.40. The van der Waals surface area contributed by atoms with E-state index in [1.807, 2.05) is 0 Å². The lowest BCUT2D eigenvalue weighted by atomic mass is 10.2. The van der Waals surface area contributed by atoms with Crippen molar-refractivity contribution in [2.75, 3.05) is 19.0 Å². The summed E-state index contributed by atoms with van der Waals surface area (Å²) < 4.78 is 102. The first-order valence-electron chi connectivity index (χ1n) is 13.2. The van der Waals surface area contributed by atoms with Crippen molar-refractivity contribution in [3.8, 4) is 40.2 Å². The van der Waals surface area contributed by atoms with Gasteiger partial charge in [-0.1, -0.05) is 11.6 Å². The van der Waals surface area contributed by atoms with E-state index in [0.717, 1.165) is 22.9 Å². The van der Waals surface area contributed by atoms with Crippen LogP contribution >= 0.6 is 11.6 Å². The molecular formula is C29H20ClF6N5O6. The van der Waals surface area contributed by atoms with Crippen molar-refractivity contribution in [1.82, 2.24) is 19.7 Å². The van der Waals surface area contributed by atoms with Gasteiger partial charge in [-0.25, -0.2) is 9.67 Å². The van der Waals surface area contributed by atoms with E-state index in [-0.39, 0.29) is 62.7 Å². The number of alkyl halides is 6. The number of aromatic nitrogens is 4. The summed E-state index contributed by atoms with van der Waals surface area (Å²) in [7, 11) is 1.19. The van der Waals surface area contributed by atoms with E-state index in [1.165, 1.54) is 56.0 Å². The number of rotatable bonds is 10. The summed E-state index contributed by atoms with van der Waals surface area (Å²) in [6.07, 6.45) is -5.91. The second-order valence-corrected chi connectivity index (χ2v) is 9.60. The molecule has 2 aromatic carbocycles. The number of carbonyl (C=O) groups is 1. The Morgan fingerprint density at radius 3 is 2.28 bits per heavy atom. The van der Waals surface area contributed by atoms with Gasteiger partial charge in [0.05, 0.1) is 42.3 Å². The minimum atomic E-state index is -4.97. The number of benzene rings is 2. The van der Waals surface area contributed by atoms with Gasteiger partial charge in [0.25, 0.3) is 5.91 Å². The molecule has 0 aliphatic heterocycles. The third-order valence-corrected chi connectivity index (χ3v) is 6.32. The van der Waals surface area contributed by atoms with Gasteiger partial charge in [-0.15, -0.1) is 26.3 Å². The van der Waals surface area contributed by atoms with E-state index in [2.05, 4.69) is 29.9 Å². The first-order valence-corrected chi connectivity index (χ1v) is 13.6. The summed E-state index contributed by atoms with van der Waals surface area (Å²) in [5.74, 6) is -1.66. The predicted molar refractivity (Wildman–Crippen MR) is 154 cm³/mol. The molecule has 246 valence electrons. The zero-order chi connectivity index (χ0) is 33.9. The first kappa shape index (κ1) is 32.9. The van der Waals surface area contributed by atoms with Gasteiger partial charge in [-0.05, 0) is 43.3 Å². The van der Waals surface area contributed by atoms with Crippen molar-refractivity contribution >= 4 is 34.2 Å². The molecule has 1 N–H and O–H groups in total. The zero-order valence-electron chi connectivity index (χ0n) is 23.9. The summed E-state index contributed by atoms with van der Waals surface area (Å²) in [6.45, 7) is 1.82. The van der Waals surface area contributed by atoms with Crippen molar-refractivity contribution in [1.29, 1.82) is 0 Å². The van der Waals surface area contributed by atoms with Crippen LogP contribution in [-0.2, 0) is 0 Å². The maximum absolute atomic E-state index is 13.1. The number of pyridine rings is 2. The molecular weight excluding hydrogens is 664 g/mol. The van der Waals surface area contributed by atoms with Crippen molar-refractivity contribution in [2.24, 2.45) is 0 Å². The Kier molecular flexibility index (Phi) is 9.19. The average molecular weight is 684 g/mol. The van der Waals surface area contributed by atoms with Crippen LogP contribution in [0.3, 0.4) is 0 Å². The van der Waals surface area contributed by atoms with Crippen LogP contribution in [-0.4, -0.2) is 52.1 Å². The molecule has 5 aromatic rings. The molecule has 11 nitrogen and oxygen atoms in total. The number of methoxy groups -OCH3 is 1. The van der Waals surface area contributed by atoms with Gasteiger partial charge in [0.15, 0.2) is 22.9 Å². The standard InChI is InChI=1S/C29H20ClF6N5O6/c1-3-44-24-14-41(20-6-4-15(10-18(20)30)46-28(31,32)33)40-26(24)27(42)39-25-7-5-16(13-38-25)45-21-8-9-37-19-12-22(43-2)23(11-17(19)21)47-29(34,35)36/h4-14H,3H2,1-2H3,(H,38,39,42). The van der Waals surface area contributed by atoms with E-state index in [0.29, 0.717) is 0 Å². The lowest BCUT2D eigenvalue weighted by Gasteiger charge is -2.15. The monoisotopic (exact) mass is 683 g/mol. The second-order valence-electron chi connectivity index (χ2n) is 9.19. The fourth-order valence-corrected chi connectivity index (χ4v) is 4.43. The molecule has 0 aliphatic rings. The van der Waals surface area contributed by atoms with Gasteiger partial charge in [0.2, 0.25) is 0 Å². The maximum atomic E-state index is 13.1. The lowest BCUT2D eigenvalue weighted by Crippen LogP contribution is -2.17. The predicted octanol–water partition coefficient (Wildman–Crippen LogP) is 7.72. The van der Waals surface area contributed by atoms with Crippen LogP contribution < -0.4 is 29.0 Å². The second kappa shape index (κ2) is 13.1. The minimum Gasteiger partial charge on any atom is -0.493 e. The van der Waals surface area contributed by atoms with Crippen molar-refractivity contribution in [3.63, 3.8) is 0 Å². The summed E-state index contributed by atoms with van der Waals surface area (Å²) in [4.78, 5) is 21.4. The maximum Gasteiger partial charge on any atom is 0.573 e. The third kappa shape index (κ3) is 8.04. The van der Waals surface area contributed by atoms with Crippen LogP contribution in [0.25, 0.3) is 16.6 Å². The van der Waals surface area contributed by atoms with Crippen molar-refractivity contribution in [3.05, 3.63) is 77.8 Å². The van der Waals surface area contributed by atoms with Crippen molar-refractivity contribution in [2.45, 2.75) is 19.6 Å². The van der Waals surface area contributed by atoms with Gasteiger partial charge in [-0.3, -0.25) is 9.78 Å². The molecule has 1 amide bonds. The number of halogens is 7. The molecule has 5 rings (SSSR count). The molecule has 0 aliphatic carbocycles. The Morgan fingerprint density at radius 2 is 1.64 bits per heavy atom. The molecule has 3 heterocycles. The molecule has 0 saturated carbocycles. The van der Waals surface area contributed by atoms with Gasteiger partial charge in [0.1, 0.15) is 23.1 Å². The lowest BCUT2D eigenvalue weighted by molar-refractivity contribution is -0.275. The number of hydrogen-bond donors (Lipinski definition) is 1. The first-order chi connectivity index (χ1) is 22.2. The van der Waals surface area contributed by atoms with Gasteiger partial charge in [-0.2, -0.15) is 5.10 Å². The highest BCUT2D eigenvalue weighted by atomic mass is 35.5. The zero-order valence-corrected chi connectivity index (χ0v) is 24.7. The quantitative estimate of drug-likeness (QED) is 0.148. The summed E-state index contributed by atoms with van der Waals surface area (Å²) >= 11 is 6.16. The minimum absolute atomic E-state index is 0.0479. The van der Waals surface area contributed by atoms with Crippen molar-refractivity contribution < 1.29 is 54.8 Å². The van der Waals surface area contributed by atoms with E-state index in [1.54, 1.807) is 6.92 Å². The molecule has 0 saturated heterocycles. The van der Waals surface area contributed by atoms with Crippen LogP contribution in [0.4, 0.5) is 32.2 Å². The number of ether oxygens (including phenoxy) is 5. The smallest absolute Gasteiger partial charge is 0.493 e. The number of nitrogens with zero attached hydrogens (tertiary/aromatic N) is 4. The molecule has 0 atom stereocenters. The number of carbonyl (C=O) groups excluding carboxylic acids is 1. The fraction of sp³-hybridized carbons (Fsp3) is 0.172. The topological polar surface area (TPSA) is 119 Å². The number of nitrogens with one attached hydrogen (secondary N) is 1. The Bertz CT molecular complexity index is 1920. The molecule has 0 bridgehead atoms. The molecule has 0 spiro atoms. The Morgan fingerprint density at radius 1 is 0.894 bits per heavy atom. The fourth-order valence-electron chi connectivity index (χ4n) is 4.17. The molecule has 0 unspecified atom stereocenters. The summed E-state index contributed by atoms with van der Waals surface area (Å²) in [5.41, 5.74) is 0.221. The third-order valence-electron chi connectivity index (χ3n) is 6.01. The highest BCUT2D eigenvalue weighted by Gasteiger charge is 2.33. The molecule has 0 radical (unpaired) electrons. The number of fused-ring (bicyclic) bond motifs is 1. The van der Waals surface area contributed by atoms with Crippen LogP contribution in [0.1, 0.15) is 17.4 Å². The Labute approximate surface area is 265 Å². The van der Waals surface area contributed by atoms with Crippen LogP contribution in [0, 0.1) is 0 Å². The SMILES string of the molecule is CCOc1cn(-c2ccc(OC(F)(F)F)cc2Cl)nc1C(=O)Nc1ccc(Oc2ccnc3cc(OC)c(OC(F)(F)F)cc23)cn1. The summed E-state index contributed by atoms with van der Waals surface area (Å²) in [5, 5.41) is 6.78. The number of hydrogen-bond acceptors (Lipinski definition) is 9. The number of anilines is 1. The van der Waals surface area contributed by atoms with Gasteiger partial charge >= 0.3 is 12.7 Å².